The first-order valence-corrected chi connectivity index (χ1v) is 6.26. The molecule has 0 saturated heterocycles. The molecular formula is C14H20FNO2. The van der Waals surface area contributed by atoms with Crippen molar-refractivity contribution in [3.63, 3.8) is 0 Å². The third kappa shape index (κ3) is 3.07. The fraction of sp³-hybridized carbons (Fsp3) is 0.571. The molecule has 1 aliphatic carbocycles. The monoisotopic (exact) mass is 253 g/mol. The Balaban J connectivity index is 1.87. The molecule has 3 nitrogen and oxygen atoms in total. The predicted octanol–water partition coefficient (Wildman–Crippen LogP) is 2.57. The molecular weight excluding hydrogens is 233 g/mol. The number of hydrogen-bond donors (Lipinski definition) is 1. The molecule has 1 fully saturated rings. The number of alkyl halides is 1. The number of rotatable bonds is 6. The molecule has 100 valence electrons. The van der Waals surface area contributed by atoms with Gasteiger partial charge in [0.05, 0.1) is 0 Å². The third-order valence-corrected chi connectivity index (χ3v) is 3.44. The molecule has 0 heterocycles. The van der Waals surface area contributed by atoms with Crippen LogP contribution in [-0.4, -0.2) is 26.4 Å². The normalized spacial score (nSPS) is 23.1. The van der Waals surface area contributed by atoms with E-state index in [1.54, 1.807) is 14.2 Å². The van der Waals surface area contributed by atoms with Crippen molar-refractivity contribution in [2.75, 3.05) is 14.2 Å². The molecule has 0 aromatic heterocycles. The van der Waals surface area contributed by atoms with Crippen molar-refractivity contribution in [1.29, 1.82) is 0 Å². The predicted molar refractivity (Wildman–Crippen MR) is 68.0 cm³/mol. The van der Waals surface area contributed by atoms with E-state index in [2.05, 4.69) is 5.32 Å². The molecule has 0 bridgehead atoms. The molecule has 2 unspecified atom stereocenters. The third-order valence-electron chi connectivity index (χ3n) is 3.44. The van der Waals surface area contributed by atoms with Crippen molar-refractivity contribution >= 4 is 0 Å². The number of nitrogens with one attached hydrogen (secondary N) is 1. The highest BCUT2D eigenvalue weighted by molar-refractivity contribution is 5.23. The molecule has 18 heavy (non-hydrogen) atoms. The van der Waals surface area contributed by atoms with Gasteiger partial charge in [0, 0.05) is 32.4 Å². The Labute approximate surface area is 107 Å². The van der Waals surface area contributed by atoms with Crippen LogP contribution >= 0.6 is 0 Å². The lowest BCUT2D eigenvalue weighted by atomic mass is 9.90. The van der Waals surface area contributed by atoms with Gasteiger partial charge in [-0.3, -0.25) is 0 Å². The Hall–Kier alpha value is -0.970. The number of methoxy groups -OCH3 is 2. The number of ether oxygens (including phenoxy) is 2. The largest absolute Gasteiger partial charge is 0.352 e. The molecule has 0 radical (unpaired) electrons. The smallest absolute Gasteiger partial charge is 0.183 e. The van der Waals surface area contributed by atoms with Gasteiger partial charge < -0.3 is 14.8 Å². The van der Waals surface area contributed by atoms with E-state index in [0.717, 1.165) is 17.5 Å². The van der Waals surface area contributed by atoms with Crippen LogP contribution in [0.1, 0.15) is 30.3 Å². The molecule has 4 heteroatoms. The first kappa shape index (κ1) is 13.5. The van der Waals surface area contributed by atoms with E-state index in [1.165, 1.54) is 0 Å². The molecule has 0 aliphatic heterocycles. The minimum atomic E-state index is -0.671. The fourth-order valence-corrected chi connectivity index (χ4v) is 2.10. The van der Waals surface area contributed by atoms with Gasteiger partial charge in [-0.2, -0.15) is 0 Å². The maximum atomic E-state index is 13.1. The molecule has 1 saturated carbocycles. The second kappa shape index (κ2) is 6.27. The first-order valence-electron chi connectivity index (χ1n) is 6.26. The quantitative estimate of drug-likeness (QED) is 0.790. The van der Waals surface area contributed by atoms with Gasteiger partial charge in [-0.25, -0.2) is 4.39 Å². The van der Waals surface area contributed by atoms with Gasteiger partial charge in [0.25, 0.3) is 0 Å². The van der Waals surface area contributed by atoms with Crippen molar-refractivity contribution in [2.24, 2.45) is 0 Å². The molecule has 0 amide bonds. The highest BCUT2D eigenvalue weighted by Crippen LogP contribution is 2.23. The van der Waals surface area contributed by atoms with Gasteiger partial charge in [0.15, 0.2) is 6.29 Å². The van der Waals surface area contributed by atoms with E-state index in [0.29, 0.717) is 13.0 Å². The zero-order valence-electron chi connectivity index (χ0n) is 10.9. The summed E-state index contributed by atoms with van der Waals surface area (Å²) in [5, 5.41) is 3.22. The van der Waals surface area contributed by atoms with E-state index >= 15 is 0 Å². The first-order chi connectivity index (χ1) is 8.74. The second-order valence-corrected chi connectivity index (χ2v) is 4.63. The molecule has 1 aromatic carbocycles. The average molecular weight is 253 g/mol. The van der Waals surface area contributed by atoms with E-state index < -0.39 is 6.17 Å². The van der Waals surface area contributed by atoms with Crippen molar-refractivity contribution in [2.45, 2.75) is 37.9 Å². The summed E-state index contributed by atoms with van der Waals surface area (Å²) in [6.07, 6.45) is 0.638. The maximum absolute atomic E-state index is 13.1. The Morgan fingerprint density at radius 1 is 1.22 bits per heavy atom. The summed E-state index contributed by atoms with van der Waals surface area (Å²) in [7, 11) is 3.23. The van der Waals surface area contributed by atoms with Crippen LogP contribution in [0.5, 0.6) is 0 Å². The Morgan fingerprint density at radius 2 is 1.89 bits per heavy atom. The molecule has 1 aromatic rings. The zero-order chi connectivity index (χ0) is 13.0. The van der Waals surface area contributed by atoms with Crippen LogP contribution in [-0.2, 0) is 16.0 Å². The SMILES string of the molecule is COC(OC)c1ccc(CNC2CCC2F)cc1. The van der Waals surface area contributed by atoms with Crippen LogP contribution in [0.25, 0.3) is 0 Å². The van der Waals surface area contributed by atoms with Crippen molar-refractivity contribution in [3.05, 3.63) is 35.4 Å². The van der Waals surface area contributed by atoms with Gasteiger partial charge in [-0.1, -0.05) is 24.3 Å². The van der Waals surface area contributed by atoms with Crippen LogP contribution in [0, 0.1) is 0 Å². The topological polar surface area (TPSA) is 30.5 Å². The van der Waals surface area contributed by atoms with Gasteiger partial charge in [-0.15, -0.1) is 0 Å². The fourth-order valence-electron chi connectivity index (χ4n) is 2.10. The molecule has 2 rings (SSSR count). The van der Waals surface area contributed by atoms with Crippen LogP contribution in [0.3, 0.4) is 0 Å². The number of halogens is 1. The molecule has 1 aliphatic rings. The Morgan fingerprint density at radius 3 is 2.33 bits per heavy atom. The van der Waals surface area contributed by atoms with Crippen molar-refractivity contribution < 1.29 is 13.9 Å². The lowest BCUT2D eigenvalue weighted by molar-refractivity contribution is -0.106. The summed E-state index contributed by atoms with van der Waals surface area (Å²) in [6, 6.07) is 8.01. The summed E-state index contributed by atoms with van der Waals surface area (Å²) in [6.45, 7) is 0.704. The van der Waals surface area contributed by atoms with Gasteiger partial charge in [-0.05, 0) is 18.4 Å². The van der Waals surface area contributed by atoms with Crippen LogP contribution in [0.2, 0.25) is 0 Å². The van der Waals surface area contributed by atoms with E-state index in [9.17, 15) is 4.39 Å². The maximum Gasteiger partial charge on any atom is 0.183 e. The highest BCUT2D eigenvalue weighted by Gasteiger charge is 2.29. The summed E-state index contributed by atoms with van der Waals surface area (Å²) in [5.41, 5.74) is 2.12. The van der Waals surface area contributed by atoms with Gasteiger partial charge in [0.2, 0.25) is 0 Å². The Kier molecular flexibility index (Phi) is 4.69. The molecule has 0 spiro atoms. The van der Waals surface area contributed by atoms with E-state index in [-0.39, 0.29) is 12.3 Å². The Bertz CT molecular complexity index is 365. The van der Waals surface area contributed by atoms with Gasteiger partial charge >= 0.3 is 0 Å². The zero-order valence-corrected chi connectivity index (χ0v) is 10.9. The van der Waals surface area contributed by atoms with E-state index in [1.807, 2.05) is 24.3 Å². The summed E-state index contributed by atoms with van der Waals surface area (Å²) >= 11 is 0. The van der Waals surface area contributed by atoms with Crippen LogP contribution < -0.4 is 5.32 Å². The minimum Gasteiger partial charge on any atom is -0.352 e. The highest BCUT2D eigenvalue weighted by atomic mass is 19.1. The van der Waals surface area contributed by atoms with Crippen molar-refractivity contribution in [3.8, 4) is 0 Å². The van der Waals surface area contributed by atoms with Crippen LogP contribution in [0.15, 0.2) is 24.3 Å². The lowest BCUT2D eigenvalue weighted by Crippen LogP contribution is -2.45. The second-order valence-electron chi connectivity index (χ2n) is 4.63. The average Bonchev–Trinajstić information content (AvgIpc) is 2.40. The van der Waals surface area contributed by atoms with Crippen molar-refractivity contribution in [1.82, 2.24) is 5.32 Å². The van der Waals surface area contributed by atoms with E-state index in [4.69, 9.17) is 9.47 Å². The summed E-state index contributed by atoms with van der Waals surface area (Å²) in [5.74, 6) is 0. The molecule has 1 N–H and O–H groups in total. The van der Waals surface area contributed by atoms with Gasteiger partial charge in [0.1, 0.15) is 6.17 Å². The lowest BCUT2D eigenvalue weighted by Gasteiger charge is -2.31. The number of hydrogen-bond acceptors (Lipinski definition) is 3. The number of benzene rings is 1. The summed E-state index contributed by atoms with van der Waals surface area (Å²) < 4.78 is 23.4. The summed E-state index contributed by atoms with van der Waals surface area (Å²) in [4.78, 5) is 0. The van der Waals surface area contributed by atoms with Crippen LogP contribution in [0.4, 0.5) is 4.39 Å². The standard InChI is InChI=1S/C14H20FNO2/c1-17-14(18-2)11-5-3-10(4-6-11)9-16-13-8-7-12(13)15/h3-6,12-14,16H,7-9H2,1-2H3. The molecule has 2 atom stereocenters. The minimum absolute atomic E-state index is 0.0374.